The van der Waals surface area contributed by atoms with Gasteiger partial charge in [-0.3, -0.25) is 0 Å². The van der Waals surface area contributed by atoms with Crippen LogP contribution in [0.2, 0.25) is 0 Å². The van der Waals surface area contributed by atoms with Crippen molar-refractivity contribution in [1.29, 1.82) is 0 Å². The summed E-state index contributed by atoms with van der Waals surface area (Å²) in [6.07, 6.45) is 0.777. The molecule has 0 saturated carbocycles. The van der Waals surface area contributed by atoms with E-state index in [0.717, 1.165) is 55.6 Å². The highest BCUT2D eigenvalue weighted by molar-refractivity contribution is 5.93. The van der Waals surface area contributed by atoms with Crippen molar-refractivity contribution in [2.75, 3.05) is 55.9 Å². The number of fused-ring (bicyclic) bond motifs is 3. The summed E-state index contributed by atoms with van der Waals surface area (Å²) >= 11 is 0. The normalized spacial score (nSPS) is 12.3. The third kappa shape index (κ3) is 11.6. The standard InChI is InChI=1S/C63H66O14/c1-38-24-50(30-46(34-71-5)57(38)64)63(51-25-39(2)58(65)47(31-51)35-72-6)53-13-10-9-12-52(53)56-54(63)14-11-15-55(56)77-60-48(36-73-7)28-41(29-49(60)37-74-8)21-23-76-62(68)43-18-16-42(17-19-43)61(67)75-22-20-40-26-44(32-69-3)59(66)45(27-40)33-70-4/h9-19,24-31,64-66H,20-23,32-37H2,1-8H3. The molecule has 0 fully saturated rings. The van der Waals surface area contributed by atoms with Crippen LogP contribution >= 0.6 is 0 Å². The maximum atomic E-state index is 13.3. The van der Waals surface area contributed by atoms with E-state index < -0.39 is 17.4 Å². The monoisotopic (exact) mass is 1050 g/mol. The van der Waals surface area contributed by atoms with Gasteiger partial charge < -0.3 is 58.0 Å². The molecular weight excluding hydrogens is 981 g/mol. The molecule has 14 heteroatoms. The molecule has 0 aromatic heterocycles. The van der Waals surface area contributed by atoms with Crippen LogP contribution in [-0.4, -0.2) is 83.1 Å². The van der Waals surface area contributed by atoms with Crippen molar-refractivity contribution in [2.45, 2.75) is 71.7 Å². The number of phenolic OH excluding ortho intramolecular Hbond substituents is 3. The summed E-state index contributed by atoms with van der Waals surface area (Å²) in [5, 5.41) is 33.2. The minimum absolute atomic E-state index is 0.0633. The highest BCUT2D eigenvalue weighted by Crippen LogP contribution is 2.60. The minimum Gasteiger partial charge on any atom is -0.507 e. The van der Waals surface area contributed by atoms with Gasteiger partial charge in [0.05, 0.1) is 69.4 Å². The number of ether oxygens (including phenoxy) is 9. The lowest BCUT2D eigenvalue weighted by Gasteiger charge is -2.35. The molecule has 7 aromatic rings. The first-order chi connectivity index (χ1) is 37.3. The van der Waals surface area contributed by atoms with Crippen molar-refractivity contribution >= 4 is 11.9 Å². The van der Waals surface area contributed by atoms with Crippen molar-refractivity contribution in [3.8, 4) is 39.9 Å². The zero-order valence-corrected chi connectivity index (χ0v) is 44.9. The average Bonchev–Trinajstić information content (AvgIpc) is 4.02. The molecule has 8 rings (SSSR count). The second-order valence-corrected chi connectivity index (χ2v) is 19.1. The van der Waals surface area contributed by atoms with Crippen molar-refractivity contribution in [2.24, 2.45) is 0 Å². The Hall–Kier alpha value is -7.56. The summed E-state index contributed by atoms with van der Waals surface area (Å²) in [5.74, 6) is 0.513. The first kappa shape index (κ1) is 55.7. The fourth-order valence-corrected chi connectivity index (χ4v) is 10.5. The van der Waals surface area contributed by atoms with E-state index >= 15 is 0 Å². The summed E-state index contributed by atoms with van der Waals surface area (Å²) in [6.45, 7) is 5.16. The fourth-order valence-electron chi connectivity index (χ4n) is 10.5. The van der Waals surface area contributed by atoms with Gasteiger partial charge in [-0.15, -0.1) is 0 Å². The van der Waals surface area contributed by atoms with E-state index in [4.69, 9.17) is 42.6 Å². The lowest BCUT2D eigenvalue weighted by atomic mass is 9.66. The topological polar surface area (TPSA) is 178 Å². The first-order valence-corrected chi connectivity index (χ1v) is 25.2. The van der Waals surface area contributed by atoms with Crippen molar-refractivity contribution in [3.05, 3.63) is 204 Å². The van der Waals surface area contributed by atoms with Crippen LogP contribution in [-0.2, 0) is 95.8 Å². The summed E-state index contributed by atoms with van der Waals surface area (Å²) < 4.78 is 51.7. The van der Waals surface area contributed by atoms with E-state index in [1.807, 2.05) is 86.6 Å². The summed E-state index contributed by atoms with van der Waals surface area (Å²) in [6, 6.07) is 36.1. The molecule has 402 valence electrons. The minimum atomic E-state index is -0.964. The molecule has 0 spiro atoms. The second-order valence-electron chi connectivity index (χ2n) is 19.1. The predicted molar refractivity (Wildman–Crippen MR) is 290 cm³/mol. The van der Waals surface area contributed by atoms with Gasteiger partial charge in [0.1, 0.15) is 28.7 Å². The lowest BCUT2D eigenvalue weighted by molar-refractivity contribution is 0.0494. The average molecular weight is 1050 g/mol. The zero-order valence-electron chi connectivity index (χ0n) is 44.9. The molecule has 1 aliphatic rings. The van der Waals surface area contributed by atoms with Gasteiger partial charge in [-0.25, -0.2) is 9.59 Å². The molecule has 0 atom stereocenters. The number of carbonyl (C=O) groups excluding carboxylic acids is 2. The van der Waals surface area contributed by atoms with Crippen LogP contribution in [0.4, 0.5) is 0 Å². The molecule has 77 heavy (non-hydrogen) atoms. The summed E-state index contributed by atoms with van der Waals surface area (Å²) in [7, 11) is 9.54. The van der Waals surface area contributed by atoms with E-state index in [2.05, 4.69) is 18.2 Å². The Morgan fingerprint density at radius 3 is 1.31 bits per heavy atom. The van der Waals surface area contributed by atoms with Crippen molar-refractivity contribution in [3.63, 3.8) is 0 Å². The summed E-state index contributed by atoms with van der Waals surface area (Å²) in [4.78, 5) is 26.3. The molecule has 14 nitrogen and oxygen atoms in total. The van der Waals surface area contributed by atoms with Crippen LogP contribution in [0.15, 0.2) is 115 Å². The number of hydrogen-bond acceptors (Lipinski definition) is 14. The largest absolute Gasteiger partial charge is 0.507 e. The Morgan fingerprint density at radius 2 is 0.857 bits per heavy atom. The van der Waals surface area contributed by atoms with Crippen LogP contribution in [0, 0.1) is 13.8 Å². The highest BCUT2D eigenvalue weighted by atomic mass is 16.5. The van der Waals surface area contributed by atoms with Crippen LogP contribution in [0.3, 0.4) is 0 Å². The number of aromatic hydroxyl groups is 3. The summed E-state index contributed by atoms with van der Waals surface area (Å²) in [5.41, 5.74) is 12.2. The molecule has 0 amide bonds. The number of esters is 2. The van der Waals surface area contributed by atoms with Crippen LogP contribution in [0.5, 0.6) is 28.7 Å². The SMILES string of the molecule is COCc1cc(C2(c3cc(C)c(O)c(COC)c3)c3ccccc3-c3c(Oc4c(COC)cc(CCOC(=O)c5ccc(C(=O)OCCc6cc(COC)c(O)c(COC)c6)cc5)cc4COC)cccc32)cc(C)c1O. The molecule has 0 unspecified atom stereocenters. The molecule has 0 radical (unpaired) electrons. The van der Waals surface area contributed by atoms with Gasteiger partial charge in [-0.2, -0.15) is 0 Å². The van der Waals surface area contributed by atoms with Gasteiger partial charge >= 0.3 is 11.9 Å². The highest BCUT2D eigenvalue weighted by Gasteiger charge is 2.48. The fraction of sp³-hybridized carbons (Fsp3) is 0.302. The van der Waals surface area contributed by atoms with Crippen molar-refractivity contribution in [1.82, 2.24) is 0 Å². The number of aryl methyl sites for hydroxylation is 2. The molecule has 0 aliphatic heterocycles. The number of benzene rings is 7. The second kappa shape index (κ2) is 25.1. The number of methoxy groups -OCH3 is 6. The van der Waals surface area contributed by atoms with Gasteiger partial charge in [0, 0.05) is 94.4 Å². The molecule has 3 N–H and O–H groups in total. The van der Waals surface area contributed by atoms with E-state index in [1.54, 1.807) is 42.7 Å². The molecule has 1 aliphatic carbocycles. The number of phenols is 3. The van der Waals surface area contributed by atoms with Gasteiger partial charge in [0.25, 0.3) is 0 Å². The maximum absolute atomic E-state index is 13.3. The van der Waals surface area contributed by atoms with E-state index in [0.29, 0.717) is 57.7 Å². The number of hydrogen-bond donors (Lipinski definition) is 3. The van der Waals surface area contributed by atoms with E-state index in [-0.39, 0.29) is 81.2 Å². The first-order valence-electron chi connectivity index (χ1n) is 25.2. The molecule has 0 heterocycles. The van der Waals surface area contributed by atoms with E-state index in [1.165, 1.54) is 24.3 Å². The molecular formula is C63H66O14. The smallest absolute Gasteiger partial charge is 0.338 e. The Morgan fingerprint density at radius 1 is 0.455 bits per heavy atom. The Kier molecular flexibility index (Phi) is 18.1. The zero-order chi connectivity index (χ0) is 54.8. The Labute approximate surface area is 449 Å². The predicted octanol–water partition coefficient (Wildman–Crippen LogP) is 11.3. The van der Waals surface area contributed by atoms with Gasteiger partial charge in [0.15, 0.2) is 0 Å². The Bertz CT molecular complexity index is 3140. The molecule has 0 saturated heterocycles. The van der Waals surface area contributed by atoms with Gasteiger partial charge in [-0.1, -0.05) is 48.5 Å². The van der Waals surface area contributed by atoms with Crippen LogP contribution in [0.25, 0.3) is 11.1 Å². The number of carbonyl (C=O) groups is 2. The van der Waals surface area contributed by atoms with E-state index in [9.17, 15) is 24.9 Å². The van der Waals surface area contributed by atoms with Gasteiger partial charge in [0.2, 0.25) is 0 Å². The van der Waals surface area contributed by atoms with Gasteiger partial charge in [-0.05, 0) is 131 Å². The number of rotatable bonds is 24. The van der Waals surface area contributed by atoms with Crippen molar-refractivity contribution < 1.29 is 67.5 Å². The quantitative estimate of drug-likeness (QED) is 0.0487. The third-order valence-corrected chi connectivity index (χ3v) is 13.9. The Balaban J connectivity index is 1.05. The maximum Gasteiger partial charge on any atom is 0.338 e. The lowest BCUT2D eigenvalue weighted by Crippen LogP contribution is -2.29. The van der Waals surface area contributed by atoms with Crippen LogP contribution < -0.4 is 4.74 Å². The van der Waals surface area contributed by atoms with Crippen LogP contribution in [0.1, 0.15) is 98.6 Å². The molecule has 0 bridgehead atoms. The third-order valence-electron chi connectivity index (χ3n) is 13.9. The molecule has 7 aromatic carbocycles.